The van der Waals surface area contributed by atoms with Crippen molar-refractivity contribution >= 4 is 0 Å². The Morgan fingerprint density at radius 1 is 1.07 bits per heavy atom. The minimum Gasteiger partial charge on any atom is -0.0651 e. The molecule has 2 atom stereocenters. The van der Waals surface area contributed by atoms with E-state index in [9.17, 15) is 0 Å². The molecule has 1 aromatic rings. The van der Waals surface area contributed by atoms with Crippen LogP contribution in [-0.4, -0.2) is 0 Å². The summed E-state index contributed by atoms with van der Waals surface area (Å²) in [6, 6.07) is 10.9. The van der Waals surface area contributed by atoms with Gasteiger partial charge in [-0.3, -0.25) is 0 Å². The monoisotopic (exact) mass is 202 g/mol. The minimum atomic E-state index is 1.08. The molecule has 82 valence electrons. The summed E-state index contributed by atoms with van der Waals surface area (Å²) in [6.45, 7) is 2.33. The summed E-state index contributed by atoms with van der Waals surface area (Å²) in [7, 11) is 0. The van der Waals surface area contributed by atoms with Gasteiger partial charge in [-0.05, 0) is 36.7 Å². The summed E-state index contributed by atoms with van der Waals surface area (Å²) < 4.78 is 0. The first kappa shape index (κ1) is 10.7. The zero-order valence-electron chi connectivity index (χ0n) is 9.78. The molecular weight excluding hydrogens is 180 g/mol. The topological polar surface area (TPSA) is 0 Å². The lowest BCUT2D eigenvalue weighted by Gasteiger charge is -2.01. The fourth-order valence-electron chi connectivity index (χ4n) is 2.54. The van der Waals surface area contributed by atoms with E-state index in [1.165, 1.54) is 44.1 Å². The van der Waals surface area contributed by atoms with Crippen LogP contribution in [0.3, 0.4) is 0 Å². The molecule has 0 heteroatoms. The molecular formula is C15H22. The highest BCUT2D eigenvalue weighted by atomic mass is 14.4. The molecule has 2 rings (SSSR count). The first-order valence-corrected chi connectivity index (χ1v) is 6.44. The molecule has 0 amide bonds. The van der Waals surface area contributed by atoms with Gasteiger partial charge in [0.05, 0.1) is 0 Å². The fourth-order valence-corrected chi connectivity index (χ4v) is 2.54. The van der Waals surface area contributed by atoms with Crippen molar-refractivity contribution in [1.29, 1.82) is 0 Å². The predicted molar refractivity (Wildman–Crippen MR) is 65.9 cm³/mol. The maximum absolute atomic E-state index is 2.33. The number of benzene rings is 1. The zero-order chi connectivity index (χ0) is 10.5. The average Bonchev–Trinajstić information content (AvgIpc) is 3.05. The molecule has 1 fully saturated rings. The predicted octanol–water partition coefficient (Wildman–Crippen LogP) is 4.45. The van der Waals surface area contributed by atoms with Gasteiger partial charge in [-0.2, -0.15) is 0 Å². The van der Waals surface area contributed by atoms with Gasteiger partial charge in [-0.25, -0.2) is 0 Å². The molecule has 0 N–H and O–H groups in total. The van der Waals surface area contributed by atoms with E-state index in [4.69, 9.17) is 0 Å². The third-order valence-corrected chi connectivity index (χ3v) is 3.73. The van der Waals surface area contributed by atoms with E-state index < -0.39 is 0 Å². The van der Waals surface area contributed by atoms with E-state index >= 15 is 0 Å². The highest BCUT2D eigenvalue weighted by Gasteiger charge is 2.33. The maximum atomic E-state index is 2.33. The summed E-state index contributed by atoms with van der Waals surface area (Å²) in [5, 5.41) is 0. The molecule has 0 heterocycles. The molecule has 0 spiro atoms. The van der Waals surface area contributed by atoms with Crippen LogP contribution < -0.4 is 0 Å². The Labute approximate surface area is 93.7 Å². The van der Waals surface area contributed by atoms with Gasteiger partial charge in [-0.1, -0.05) is 56.5 Å². The Morgan fingerprint density at radius 2 is 1.87 bits per heavy atom. The lowest BCUT2D eigenvalue weighted by atomic mass is 10.0. The molecule has 1 saturated carbocycles. The van der Waals surface area contributed by atoms with Crippen molar-refractivity contribution in [2.75, 3.05) is 0 Å². The number of hydrogen-bond acceptors (Lipinski definition) is 0. The summed E-state index contributed by atoms with van der Waals surface area (Å²) in [4.78, 5) is 0. The quantitative estimate of drug-likeness (QED) is 0.598. The summed E-state index contributed by atoms with van der Waals surface area (Å²) in [5.74, 6) is 2.17. The fraction of sp³-hybridized carbons (Fsp3) is 0.600. The highest BCUT2D eigenvalue weighted by Crippen LogP contribution is 2.44. The van der Waals surface area contributed by atoms with Crippen molar-refractivity contribution in [1.82, 2.24) is 0 Å². The average molecular weight is 202 g/mol. The molecule has 0 saturated heterocycles. The van der Waals surface area contributed by atoms with Crippen molar-refractivity contribution in [3.63, 3.8) is 0 Å². The van der Waals surface area contributed by atoms with Crippen molar-refractivity contribution in [3.8, 4) is 0 Å². The first-order valence-electron chi connectivity index (χ1n) is 6.44. The van der Waals surface area contributed by atoms with Gasteiger partial charge >= 0.3 is 0 Å². The smallest absolute Gasteiger partial charge is 0.0279 e. The van der Waals surface area contributed by atoms with E-state index in [1.54, 1.807) is 0 Å². The highest BCUT2D eigenvalue weighted by molar-refractivity contribution is 5.14. The molecule has 1 aliphatic carbocycles. The lowest BCUT2D eigenvalue weighted by Crippen LogP contribution is -1.87. The van der Waals surface area contributed by atoms with Crippen molar-refractivity contribution in [2.24, 2.45) is 11.8 Å². The Kier molecular flexibility index (Phi) is 3.82. The van der Waals surface area contributed by atoms with Crippen LogP contribution in [0.4, 0.5) is 0 Å². The van der Waals surface area contributed by atoms with Gasteiger partial charge < -0.3 is 0 Å². The molecule has 0 radical (unpaired) electrons. The second kappa shape index (κ2) is 5.34. The Morgan fingerprint density at radius 3 is 2.53 bits per heavy atom. The molecule has 0 nitrogen and oxygen atoms in total. The van der Waals surface area contributed by atoms with E-state index in [0.29, 0.717) is 0 Å². The van der Waals surface area contributed by atoms with E-state index in [-0.39, 0.29) is 0 Å². The number of hydrogen-bond donors (Lipinski definition) is 0. The molecule has 0 aromatic heterocycles. The second-order valence-electron chi connectivity index (χ2n) is 4.90. The molecule has 15 heavy (non-hydrogen) atoms. The van der Waals surface area contributed by atoms with Gasteiger partial charge in [0, 0.05) is 0 Å². The largest absolute Gasteiger partial charge is 0.0651 e. The van der Waals surface area contributed by atoms with Crippen LogP contribution in [0.1, 0.15) is 44.6 Å². The molecule has 2 unspecified atom stereocenters. The van der Waals surface area contributed by atoms with Crippen LogP contribution in [0, 0.1) is 11.8 Å². The number of unbranched alkanes of at least 4 members (excludes halogenated alkanes) is 1. The standard InChI is InChI=1S/C15H22/c1-2-14-12-15(14)11-7-6-10-13-8-4-3-5-9-13/h3-5,8-9,14-15H,2,6-7,10-12H2,1H3. The maximum Gasteiger partial charge on any atom is -0.0279 e. The van der Waals surface area contributed by atoms with Crippen LogP contribution in [0.2, 0.25) is 0 Å². The first-order chi connectivity index (χ1) is 7.40. The summed E-state index contributed by atoms with van der Waals surface area (Å²) >= 11 is 0. The van der Waals surface area contributed by atoms with E-state index in [2.05, 4.69) is 37.3 Å². The number of rotatable bonds is 6. The van der Waals surface area contributed by atoms with Gasteiger partial charge in [0.15, 0.2) is 0 Å². The Bertz CT molecular complexity index is 275. The molecule has 0 aliphatic heterocycles. The SMILES string of the molecule is CCC1CC1CCCCc1ccccc1. The normalized spacial score (nSPS) is 24.1. The van der Waals surface area contributed by atoms with Crippen LogP contribution in [0.5, 0.6) is 0 Å². The Balaban J connectivity index is 1.56. The third kappa shape index (κ3) is 3.37. The summed E-state index contributed by atoms with van der Waals surface area (Å²) in [6.07, 6.45) is 8.47. The Hall–Kier alpha value is -0.780. The minimum absolute atomic E-state index is 1.08. The molecule has 0 bridgehead atoms. The van der Waals surface area contributed by atoms with Crippen LogP contribution >= 0.6 is 0 Å². The van der Waals surface area contributed by atoms with Gasteiger partial charge in [0.1, 0.15) is 0 Å². The second-order valence-corrected chi connectivity index (χ2v) is 4.90. The van der Waals surface area contributed by atoms with Crippen LogP contribution in [0.25, 0.3) is 0 Å². The molecule has 1 aliphatic rings. The lowest BCUT2D eigenvalue weighted by molar-refractivity contribution is 0.580. The van der Waals surface area contributed by atoms with Crippen molar-refractivity contribution in [3.05, 3.63) is 35.9 Å². The van der Waals surface area contributed by atoms with Gasteiger partial charge in [-0.15, -0.1) is 0 Å². The van der Waals surface area contributed by atoms with Gasteiger partial charge in [0.25, 0.3) is 0 Å². The van der Waals surface area contributed by atoms with Crippen LogP contribution in [0.15, 0.2) is 30.3 Å². The summed E-state index contributed by atoms with van der Waals surface area (Å²) in [5.41, 5.74) is 1.50. The van der Waals surface area contributed by atoms with Gasteiger partial charge in [0.2, 0.25) is 0 Å². The molecule has 1 aromatic carbocycles. The van der Waals surface area contributed by atoms with Crippen LogP contribution in [-0.2, 0) is 6.42 Å². The van der Waals surface area contributed by atoms with E-state index in [1.807, 2.05) is 0 Å². The van der Waals surface area contributed by atoms with E-state index in [0.717, 1.165) is 11.8 Å². The van der Waals surface area contributed by atoms with Crippen molar-refractivity contribution in [2.45, 2.75) is 45.4 Å². The number of aryl methyl sites for hydroxylation is 1. The van der Waals surface area contributed by atoms with Crippen molar-refractivity contribution < 1.29 is 0 Å². The zero-order valence-corrected chi connectivity index (χ0v) is 9.78. The third-order valence-electron chi connectivity index (χ3n) is 3.73.